The number of amides is 1. The quantitative estimate of drug-likeness (QED) is 0.315. The summed E-state index contributed by atoms with van der Waals surface area (Å²) in [5.41, 5.74) is 6.63. The van der Waals surface area contributed by atoms with Crippen molar-refractivity contribution in [1.29, 1.82) is 0 Å². The lowest BCUT2D eigenvalue weighted by Crippen LogP contribution is -2.18. The molecule has 0 aliphatic carbocycles. The van der Waals surface area contributed by atoms with Gasteiger partial charge in [0.2, 0.25) is 0 Å². The number of rotatable bonds is 6. The Balaban J connectivity index is 0.00000304. The van der Waals surface area contributed by atoms with E-state index >= 15 is 0 Å². The Labute approximate surface area is 214 Å². The van der Waals surface area contributed by atoms with E-state index < -0.39 is 0 Å². The van der Waals surface area contributed by atoms with E-state index in [1.165, 1.54) is 12.1 Å². The topological polar surface area (TPSA) is 68.5 Å². The highest BCUT2D eigenvalue weighted by atomic mass is 35.5. The summed E-state index contributed by atoms with van der Waals surface area (Å²) >= 11 is 0. The summed E-state index contributed by atoms with van der Waals surface area (Å²) in [6.45, 7) is 2.32. The fraction of sp³-hybridized carbons (Fsp3) is 0.107. The molecule has 0 atom stereocenters. The predicted octanol–water partition coefficient (Wildman–Crippen LogP) is 5.87. The first-order valence-corrected chi connectivity index (χ1v) is 11.2. The summed E-state index contributed by atoms with van der Waals surface area (Å²) in [7, 11) is 1.58. The zero-order valence-corrected chi connectivity index (χ0v) is 20.6. The molecule has 0 saturated heterocycles. The molecule has 0 saturated carbocycles. The number of aromatic nitrogens is 3. The van der Waals surface area contributed by atoms with Crippen LogP contribution in [0.3, 0.4) is 0 Å². The molecule has 0 spiro atoms. The number of aryl methyl sites for hydroxylation is 1. The summed E-state index contributed by atoms with van der Waals surface area (Å²) in [5, 5.41) is 2.58. The van der Waals surface area contributed by atoms with Crippen molar-refractivity contribution in [3.63, 3.8) is 0 Å². The minimum atomic E-state index is -0.248. The Bertz CT molecular complexity index is 1500. The zero-order valence-electron chi connectivity index (χ0n) is 19.7. The molecule has 2 aromatic carbocycles. The molecule has 182 valence electrons. The van der Waals surface area contributed by atoms with Crippen molar-refractivity contribution in [2.75, 3.05) is 7.05 Å². The highest BCUT2D eigenvalue weighted by molar-refractivity contribution is 5.92. The fourth-order valence-corrected chi connectivity index (χ4v) is 4.01. The largest absolute Gasteiger partial charge is 0.485 e. The third-order valence-electron chi connectivity index (χ3n) is 5.81. The Hall–Kier alpha value is -4.23. The van der Waals surface area contributed by atoms with Crippen LogP contribution in [0.1, 0.15) is 21.7 Å². The lowest BCUT2D eigenvalue weighted by molar-refractivity contribution is 0.0958. The number of carbonyl (C=O) groups excluding carboxylic acids is 1. The van der Waals surface area contributed by atoms with Gasteiger partial charge in [-0.3, -0.25) is 14.2 Å². The minimum Gasteiger partial charge on any atom is -0.485 e. The molecule has 0 radical (unpaired) electrons. The van der Waals surface area contributed by atoms with Crippen LogP contribution in [0.25, 0.3) is 28.0 Å². The van der Waals surface area contributed by atoms with Crippen molar-refractivity contribution < 1.29 is 13.9 Å². The van der Waals surface area contributed by atoms with Crippen LogP contribution in [0.2, 0.25) is 0 Å². The van der Waals surface area contributed by atoms with Crippen molar-refractivity contribution in [1.82, 2.24) is 19.7 Å². The highest BCUT2D eigenvalue weighted by Gasteiger charge is 2.15. The molecule has 1 N–H and O–H groups in total. The summed E-state index contributed by atoms with van der Waals surface area (Å²) < 4.78 is 21.3. The minimum absolute atomic E-state index is 0. The molecule has 36 heavy (non-hydrogen) atoms. The average Bonchev–Trinajstić information content (AvgIpc) is 3.24. The number of hydrogen-bond donors (Lipinski definition) is 1. The lowest BCUT2D eigenvalue weighted by atomic mass is 10.0. The van der Waals surface area contributed by atoms with E-state index in [-0.39, 0.29) is 24.1 Å². The van der Waals surface area contributed by atoms with Crippen LogP contribution in [0, 0.1) is 12.7 Å². The molecule has 8 heteroatoms. The Kier molecular flexibility index (Phi) is 7.31. The first-order valence-electron chi connectivity index (χ1n) is 11.2. The molecule has 3 heterocycles. The molecule has 3 aromatic heterocycles. The van der Waals surface area contributed by atoms with Crippen molar-refractivity contribution in [2.45, 2.75) is 13.5 Å². The molecular formula is C28H24ClFN4O2. The monoisotopic (exact) mass is 502 g/mol. The molecule has 1 amide bonds. The maximum atomic E-state index is 13.2. The number of benzene rings is 2. The van der Waals surface area contributed by atoms with E-state index in [0.717, 1.165) is 33.6 Å². The van der Waals surface area contributed by atoms with Gasteiger partial charge >= 0.3 is 0 Å². The van der Waals surface area contributed by atoms with Crippen molar-refractivity contribution in [3.05, 3.63) is 108 Å². The van der Waals surface area contributed by atoms with Gasteiger partial charge in [0.25, 0.3) is 5.91 Å². The number of imidazole rings is 1. The number of pyridine rings is 2. The molecule has 0 bridgehead atoms. The van der Waals surface area contributed by atoms with E-state index in [1.807, 2.05) is 60.0 Å². The van der Waals surface area contributed by atoms with Gasteiger partial charge in [-0.25, -0.2) is 9.37 Å². The normalized spacial score (nSPS) is 10.6. The predicted molar refractivity (Wildman–Crippen MR) is 140 cm³/mol. The molecule has 0 aliphatic rings. The van der Waals surface area contributed by atoms with E-state index in [9.17, 15) is 9.18 Å². The molecule has 0 unspecified atom stereocenters. The number of fused-ring (bicyclic) bond motifs is 1. The number of carbonyl (C=O) groups is 1. The fourth-order valence-electron chi connectivity index (χ4n) is 4.01. The number of hydrogen-bond acceptors (Lipinski definition) is 4. The van der Waals surface area contributed by atoms with Gasteiger partial charge in [-0.1, -0.05) is 36.4 Å². The van der Waals surface area contributed by atoms with Crippen LogP contribution in [-0.4, -0.2) is 27.3 Å². The van der Waals surface area contributed by atoms with Crippen LogP contribution < -0.4 is 10.1 Å². The Morgan fingerprint density at radius 1 is 0.972 bits per heavy atom. The average molecular weight is 503 g/mol. The smallest absolute Gasteiger partial charge is 0.269 e. The van der Waals surface area contributed by atoms with Crippen molar-refractivity contribution >= 4 is 24.0 Å². The molecule has 0 fully saturated rings. The maximum Gasteiger partial charge on any atom is 0.269 e. The standard InChI is InChI=1S/C28H23FN4O2.ClH/c1-18-26(22-11-14-24(31-16-22)28(34)30-2)33-15-3-4-25(27(33)32-18)35-17-19-5-7-20(8-6-19)21-9-12-23(29)13-10-21;/h3-16H,17H2,1-2H3,(H,30,34);1H. The summed E-state index contributed by atoms with van der Waals surface area (Å²) in [4.78, 5) is 20.8. The second kappa shape index (κ2) is 10.6. The summed E-state index contributed by atoms with van der Waals surface area (Å²) in [6.07, 6.45) is 3.61. The Morgan fingerprint density at radius 2 is 1.64 bits per heavy atom. The van der Waals surface area contributed by atoms with E-state index in [2.05, 4.69) is 10.3 Å². The van der Waals surface area contributed by atoms with Crippen molar-refractivity contribution in [3.8, 4) is 28.1 Å². The van der Waals surface area contributed by atoms with Crippen LogP contribution in [0.4, 0.5) is 4.39 Å². The van der Waals surface area contributed by atoms with Crippen molar-refractivity contribution in [2.24, 2.45) is 0 Å². The van der Waals surface area contributed by atoms with Crippen LogP contribution >= 0.6 is 12.4 Å². The number of nitrogens with zero attached hydrogens (tertiary/aromatic N) is 3. The van der Waals surface area contributed by atoms with Gasteiger partial charge in [0.1, 0.15) is 18.1 Å². The number of halogens is 2. The maximum absolute atomic E-state index is 13.2. The van der Waals surface area contributed by atoms with Gasteiger partial charge in [-0.15, -0.1) is 12.4 Å². The van der Waals surface area contributed by atoms with Gasteiger partial charge < -0.3 is 10.1 Å². The first kappa shape index (κ1) is 24.9. The number of ether oxygens (including phenoxy) is 1. The molecule has 0 aliphatic heterocycles. The second-order valence-corrected chi connectivity index (χ2v) is 8.12. The van der Waals surface area contributed by atoms with Gasteiger partial charge in [0.05, 0.1) is 11.4 Å². The second-order valence-electron chi connectivity index (χ2n) is 8.12. The van der Waals surface area contributed by atoms with E-state index in [1.54, 1.807) is 31.4 Å². The molecular weight excluding hydrogens is 479 g/mol. The van der Waals surface area contributed by atoms with Crippen LogP contribution in [0.15, 0.2) is 85.2 Å². The number of nitrogens with one attached hydrogen (secondary N) is 1. The molecule has 6 nitrogen and oxygen atoms in total. The lowest BCUT2D eigenvalue weighted by Gasteiger charge is -2.09. The third-order valence-corrected chi connectivity index (χ3v) is 5.81. The molecule has 5 aromatic rings. The zero-order chi connectivity index (χ0) is 24.4. The van der Waals surface area contributed by atoms with Gasteiger partial charge in [-0.2, -0.15) is 0 Å². The SMILES string of the molecule is CNC(=O)c1ccc(-c2c(C)nc3c(OCc4ccc(-c5ccc(F)cc5)cc4)cccn23)cn1.Cl. The molecule has 5 rings (SSSR count). The summed E-state index contributed by atoms with van der Waals surface area (Å²) in [6, 6.07) is 21.8. The summed E-state index contributed by atoms with van der Waals surface area (Å²) in [5.74, 6) is 0.190. The van der Waals surface area contributed by atoms with Crippen LogP contribution in [-0.2, 0) is 6.61 Å². The third kappa shape index (κ3) is 4.92. The van der Waals surface area contributed by atoms with Gasteiger partial charge in [0.15, 0.2) is 11.4 Å². The Morgan fingerprint density at radius 3 is 2.28 bits per heavy atom. The van der Waals surface area contributed by atoms with Gasteiger partial charge in [-0.05, 0) is 60.0 Å². The van der Waals surface area contributed by atoms with Gasteiger partial charge in [0, 0.05) is 25.0 Å². The highest BCUT2D eigenvalue weighted by Crippen LogP contribution is 2.29. The van der Waals surface area contributed by atoms with Crippen LogP contribution in [0.5, 0.6) is 5.75 Å². The first-order chi connectivity index (χ1) is 17.0. The van der Waals surface area contributed by atoms with E-state index in [4.69, 9.17) is 9.72 Å². The van der Waals surface area contributed by atoms with E-state index in [0.29, 0.717) is 23.7 Å².